The molecule has 0 bridgehead atoms. The molecule has 2 amide bonds. The van der Waals surface area contributed by atoms with E-state index >= 15 is 0 Å². The minimum atomic E-state index is -0.133. The number of benzene rings is 4. The Balaban J connectivity index is 0.000000168. The lowest BCUT2D eigenvalue weighted by atomic mass is 10.2. The van der Waals surface area contributed by atoms with Gasteiger partial charge in [-0.15, -0.1) is 0 Å². The molecule has 2 N–H and O–H groups in total. The third-order valence-electron chi connectivity index (χ3n) is 6.50. The number of nitrogens with zero attached hydrogens (tertiary/aromatic N) is 4. The molecule has 0 atom stereocenters. The molecule has 0 aliphatic heterocycles. The first-order valence-corrected chi connectivity index (χ1v) is 13.4. The third-order valence-corrected chi connectivity index (χ3v) is 6.50. The monoisotopic (exact) mass is 554 g/mol. The Hall–Kier alpha value is -5.76. The summed E-state index contributed by atoms with van der Waals surface area (Å²) in [6.07, 6.45) is 3.49. The van der Waals surface area contributed by atoms with Gasteiger partial charge >= 0.3 is 0 Å². The van der Waals surface area contributed by atoms with Gasteiger partial charge in [0, 0.05) is 11.1 Å². The molecule has 0 aliphatic rings. The van der Waals surface area contributed by atoms with Crippen LogP contribution >= 0.6 is 0 Å². The molecule has 0 saturated carbocycles. The van der Waals surface area contributed by atoms with E-state index in [2.05, 4.69) is 20.8 Å². The van der Waals surface area contributed by atoms with Gasteiger partial charge < -0.3 is 10.6 Å². The Bertz CT molecular complexity index is 1710. The Kier molecular flexibility index (Phi) is 8.64. The van der Waals surface area contributed by atoms with Crippen LogP contribution in [-0.2, 0) is 0 Å². The molecule has 0 fully saturated rings. The quantitative estimate of drug-likeness (QED) is 0.235. The lowest BCUT2D eigenvalue weighted by Crippen LogP contribution is -2.12. The van der Waals surface area contributed by atoms with Gasteiger partial charge in [0.05, 0.1) is 46.5 Å². The maximum absolute atomic E-state index is 12.2. The van der Waals surface area contributed by atoms with Gasteiger partial charge in [-0.1, -0.05) is 72.8 Å². The van der Waals surface area contributed by atoms with Crippen LogP contribution in [0.2, 0.25) is 0 Å². The minimum absolute atomic E-state index is 0.133. The third kappa shape index (κ3) is 6.68. The van der Waals surface area contributed by atoms with Gasteiger partial charge in [0.2, 0.25) is 0 Å². The number of nitrogens with one attached hydrogen (secondary N) is 2. The number of hydrogen-bond donors (Lipinski definition) is 2. The molecular formula is C34H30N6O2. The number of anilines is 2. The molecule has 2 heterocycles. The zero-order valence-corrected chi connectivity index (χ0v) is 23.3. The van der Waals surface area contributed by atoms with Crippen molar-refractivity contribution in [2.45, 2.75) is 13.8 Å². The summed E-state index contributed by atoms with van der Waals surface area (Å²) < 4.78 is 3.57. The summed E-state index contributed by atoms with van der Waals surface area (Å²) in [5, 5.41) is 14.6. The number of aromatic nitrogens is 4. The Morgan fingerprint density at radius 1 is 0.595 bits per heavy atom. The molecule has 0 unspecified atom stereocenters. The molecule has 8 nitrogen and oxygen atoms in total. The molecule has 6 rings (SSSR count). The van der Waals surface area contributed by atoms with E-state index in [9.17, 15) is 9.59 Å². The number of carbonyl (C=O) groups excluding carboxylic acids is 2. The van der Waals surface area contributed by atoms with E-state index in [0.29, 0.717) is 22.5 Å². The van der Waals surface area contributed by atoms with Gasteiger partial charge in [-0.3, -0.25) is 9.59 Å². The highest BCUT2D eigenvalue weighted by Crippen LogP contribution is 2.19. The predicted molar refractivity (Wildman–Crippen MR) is 165 cm³/mol. The van der Waals surface area contributed by atoms with Crippen molar-refractivity contribution in [1.82, 2.24) is 19.6 Å². The number of carbonyl (C=O) groups is 2. The molecule has 0 aliphatic carbocycles. The number of amides is 2. The van der Waals surface area contributed by atoms with Crippen LogP contribution in [0.4, 0.5) is 11.4 Å². The first-order chi connectivity index (χ1) is 20.5. The Morgan fingerprint density at radius 2 is 1.05 bits per heavy atom. The highest BCUT2D eigenvalue weighted by atomic mass is 16.2. The molecule has 6 aromatic rings. The number of hydrogen-bond acceptors (Lipinski definition) is 4. The highest BCUT2D eigenvalue weighted by Gasteiger charge is 2.12. The van der Waals surface area contributed by atoms with Crippen LogP contribution in [0, 0.1) is 13.8 Å². The lowest BCUT2D eigenvalue weighted by Gasteiger charge is -2.06. The normalized spacial score (nSPS) is 10.3. The van der Waals surface area contributed by atoms with Crippen LogP contribution in [-0.4, -0.2) is 31.4 Å². The fourth-order valence-electron chi connectivity index (χ4n) is 4.23. The summed E-state index contributed by atoms with van der Waals surface area (Å²) in [6.45, 7) is 3.81. The highest BCUT2D eigenvalue weighted by molar-refractivity contribution is 6.05. The Labute approximate surface area is 244 Å². The van der Waals surface area contributed by atoms with Crippen molar-refractivity contribution in [3.8, 4) is 11.4 Å². The average molecular weight is 555 g/mol. The second kappa shape index (κ2) is 13.1. The van der Waals surface area contributed by atoms with Gasteiger partial charge in [0.25, 0.3) is 11.8 Å². The average Bonchev–Trinajstić information content (AvgIpc) is 3.60. The van der Waals surface area contributed by atoms with Gasteiger partial charge in [-0.05, 0) is 62.4 Å². The van der Waals surface area contributed by atoms with Crippen LogP contribution < -0.4 is 10.6 Å². The predicted octanol–water partition coefficient (Wildman–Crippen LogP) is 6.87. The zero-order valence-electron chi connectivity index (χ0n) is 23.3. The number of rotatable bonds is 6. The largest absolute Gasteiger partial charge is 0.319 e. The van der Waals surface area contributed by atoms with Crippen molar-refractivity contribution in [3.63, 3.8) is 0 Å². The van der Waals surface area contributed by atoms with E-state index in [4.69, 9.17) is 0 Å². The van der Waals surface area contributed by atoms with Gasteiger partial charge in [-0.25, -0.2) is 9.36 Å². The van der Waals surface area contributed by atoms with Gasteiger partial charge in [0.1, 0.15) is 0 Å². The van der Waals surface area contributed by atoms with Crippen LogP contribution in [0.25, 0.3) is 11.4 Å². The fraction of sp³-hybridized carbons (Fsp3) is 0.0588. The van der Waals surface area contributed by atoms with E-state index < -0.39 is 0 Å². The van der Waals surface area contributed by atoms with Crippen molar-refractivity contribution in [3.05, 3.63) is 156 Å². The maximum atomic E-state index is 12.2. The smallest absolute Gasteiger partial charge is 0.255 e. The summed E-state index contributed by atoms with van der Waals surface area (Å²) in [7, 11) is 0. The molecule has 2 aromatic heterocycles. The van der Waals surface area contributed by atoms with Crippen LogP contribution in [0.5, 0.6) is 0 Å². The Morgan fingerprint density at radius 3 is 1.57 bits per heavy atom. The van der Waals surface area contributed by atoms with Gasteiger partial charge in [-0.2, -0.15) is 10.2 Å². The molecule has 0 saturated heterocycles. The van der Waals surface area contributed by atoms with E-state index in [-0.39, 0.29) is 11.8 Å². The second-order valence-corrected chi connectivity index (χ2v) is 9.44. The van der Waals surface area contributed by atoms with E-state index in [1.54, 1.807) is 39.8 Å². The van der Waals surface area contributed by atoms with Crippen molar-refractivity contribution in [1.29, 1.82) is 0 Å². The molecule has 0 radical (unpaired) electrons. The van der Waals surface area contributed by atoms with Crippen LogP contribution in [0.1, 0.15) is 32.1 Å². The molecule has 208 valence electrons. The molecular weight excluding hydrogens is 524 g/mol. The zero-order chi connectivity index (χ0) is 29.3. The van der Waals surface area contributed by atoms with Crippen molar-refractivity contribution in [2.75, 3.05) is 10.6 Å². The molecule has 4 aromatic carbocycles. The first kappa shape index (κ1) is 27.8. The number of aryl methyl sites for hydroxylation is 1. The minimum Gasteiger partial charge on any atom is -0.319 e. The topological polar surface area (TPSA) is 93.8 Å². The standard InChI is InChI=1S/2C17H15N3O/c1-13-16(18-17(21)14-8-4-2-5-9-14)12-20(19-13)15-10-6-3-7-11-15;1-13-16(19-17(21)14-8-4-2-5-9-14)12-18-20(13)15-10-6-3-7-11-15/h2-12H,1H3,(H,18,21);2-12H,1H3,(H,19,21). The molecule has 0 spiro atoms. The molecule has 42 heavy (non-hydrogen) atoms. The lowest BCUT2D eigenvalue weighted by molar-refractivity contribution is 0.101. The summed E-state index contributed by atoms with van der Waals surface area (Å²) in [5.41, 5.74) is 6.29. The summed E-state index contributed by atoms with van der Waals surface area (Å²) in [4.78, 5) is 24.3. The van der Waals surface area contributed by atoms with Crippen molar-refractivity contribution >= 4 is 23.2 Å². The number of para-hydroxylation sites is 2. The summed E-state index contributed by atoms with van der Waals surface area (Å²) in [6, 6.07) is 37.9. The van der Waals surface area contributed by atoms with Crippen LogP contribution in [0.3, 0.4) is 0 Å². The van der Waals surface area contributed by atoms with Crippen LogP contribution in [0.15, 0.2) is 134 Å². The maximum Gasteiger partial charge on any atom is 0.255 e. The summed E-state index contributed by atoms with van der Waals surface area (Å²) in [5.74, 6) is -0.266. The molecule has 8 heteroatoms. The van der Waals surface area contributed by atoms with Crippen molar-refractivity contribution < 1.29 is 9.59 Å². The van der Waals surface area contributed by atoms with E-state index in [0.717, 1.165) is 22.8 Å². The van der Waals surface area contributed by atoms with E-state index in [1.165, 1.54) is 0 Å². The summed E-state index contributed by atoms with van der Waals surface area (Å²) >= 11 is 0. The van der Waals surface area contributed by atoms with Crippen molar-refractivity contribution in [2.24, 2.45) is 0 Å². The second-order valence-electron chi connectivity index (χ2n) is 9.44. The fourth-order valence-corrected chi connectivity index (χ4v) is 4.23. The first-order valence-electron chi connectivity index (χ1n) is 13.4. The van der Waals surface area contributed by atoms with E-state index in [1.807, 2.05) is 117 Å². The SMILES string of the molecule is Cc1c(NC(=O)c2ccccc2)cnn1-c1ccccc1.Cc1nn(-c2ccccc2)cc1NC(=O)c1ccccc1. The van der Waals surface area contributed by atoms with Gasteiger partial charge in [0.15, 0.2) is 0 Å².